The second kappa shape index (κ2) is 6.02. The lowest BCUT2D eigenvalue weighted by Crippen LogP contribution is -2.44. The molecule has 5 heterocycles. The van der Waals surface area contributed by atoms with Gasteiger partial charge in [0.2, 0.25) is 11.7 Å². The van der Waals surface area contributed by atoms with E-state index in [0.29, 0.717) is 37.0 Å². The highest BCUT2D eigenvalue weighted by atomic mass is 16.5. The number of aromatic nitrogens is 6. The first-order chi connectivity index (χ1) is 14.6. The van der Waals surface area contributed by atoms with Gasteiger partial charge in [0, 0.05) is 30.8 Å². The van der Waals surface area contributed by atoms with Gasteiger partial charge in [-0.05, 0) is 25.1 Å². The van der Waals surface area contributed by atoms with Crippen molar-refractivity contribution in [1.82, 2.24) is 29.5 Å². The lowest BCUT2D eigenvalue weighted by atomic mass is 9.89. The highest BCUT2D eigenvalue weighted by molar-refractivity contribution is 5.77. The van der Waals surface area contributed by atoms with Crippen molar-refractivity contribution in [1.29, 1.82) is 0 Å². The van der Waals surface area contributed by atoms with Crippen molar-refractivity contribution in [3.05, 3.63) is 47.9 Å². The third kappa shape index (κ3) is 2.38. The van der Waals surface area contributed by atoms with Gasteiger partial charge in [-0.1, -0.05) is 5.16 Å². The Kier molecular flexibility index (Phi) is 3.49. The quantitative estimate of drug-likeness (QED) is 0.456. The van der Waals surface area contributed by atoms with E-state index in [9.17, 15) is 0 Å². The van der Waals surface area contributed by atoms with Gasteiger partial charge in [-0.15, -0.1) is 0 Å². The standard InChI is InChI=1S/C21H20N6O3/c1-21(9-29-10-21)20-23-19(25-30-20)18-16-6-12-8-26(2)24-17(12)14-7-13(28-3)4-5-15(14)27(16)11-22-18/h4-5,7-8,11H,6,9-10H2,1-3H3. The molecule has 0 atom stereocenters. The second-order valence-corrected chi connectivity index (χ2v) is 8.12. The van der Waals surface area contributed by atoms with E-state index in [4.69, 9.17) is 19.1 Å². The van der Waals surface area contributed by atoms with E-state index in [1.807, 2.05) is 42.5 Å². The van der Waals surface area contributed by atoms with Crippen LogP contribution in [-0.4, -0.2) is 49.8 Å². The lowest BCUT2D eigenvalue weighted by Gasteiger charge is -2.33. The average Bonchev–Trinajstić information content (AvgIpc) is 3.43. The van der Waals surface area contributed by atoms with Gasteiger partial charge in [0.1, 0.15) is 17.8 Å². The number of hydrogen-bond donors (Lipinski definition) is 0. The van der Waals surface area contributed by atoms with Crippen LogP contribution in [0.1, 0.15) is 24.1 Å². The van der Waals surface area contributed by atoms with Gasteiger partial charge in [-0.3, -0.25) is 4.68 Å². The number of benzene rings is 1. The van der Waals surface area contributed by atoms with Crippen LogP contribution in [0.5, 0.6) is 5.75 Å². The maximum atomic E-state index is 5.57. The molecule has 2 aliphatic rings. The van der Waals surface area contributed by atoms with Gasteiger partial charge in [-0.2, -0.15) is 10.1 Å². The van der Waals surface area contributed by atoms with Crippen molar-refractivity contribution < 1.29 is 14.0 Å². The molecule has 6 rings (SSSR count). The zero-order valence-corrected chi connectivity index (χ0v) is 16.9. The van der Waals surface area contributed by atoms with Gasteiger partial charge >= 0.3 is 0 Å². The minimum atomic E-state index is -0.221. The molecule has 9 heteroatoms. The highest BCUT2D eigenvalue weighted by Crippen LogP contribution is 2.39. The van der Waals surface area contributed by atoms with Crippen molar-refractivity contribution in [3.8, 4) is 34.2 Å². The van der Waals surface area contributed by atoms with E-state index in [2.05, 4.69) is 26.6 Å². The summed E-state index contributed by atoms with van der Waals surface area (Å²) < 4.78 is 20.3. The Morgan fingerprint density at radius 2 is 2.07 bits per heavy atom. The molecule has 2 aliphatic heterocycles. The summed E-state index contributed by atoms with van der Waals surface area (Å²) in [6.45, 7) is 3.24. The Bertz CT molecular complexity index is 1280. The third-order valence-electron chi connectivity index (χ3n) is 5.84. The fourth-order valence-electron chi connectivity index (χ4n) is 4.15. The first-order valence-electron chi connectivity index (χ1n) is 9.75. The Labute approximate surface area is 172 Å². The molecule has 0 radical (unpaired) electrons. The molecule has 4 aromatic rings. The Hall–Kier alpha value is -3.46. The molecule has 0 aliphatic carbocycles. The molecule has 152 valence electrons. The van der Waals surface area contributed by atoms with Crippen molar-refractivity contribution >= 4 is 0 Å². The normalized spacial score (nSPS) is 16.2. The number of imidazole rings is 1. The van der Waals surface area contributed by atoms with Crippen LogP contribution in [0.2, 0.25) is 0 Å². The van der Waals surface area contributed by atoms with Crippen LogP contribution in [0.25, 0.3) is 28.5 Å². The van der Waals surface area contributed by atoms with Crippen LogP contribution in [0, 0.1) is 0 Å². The van der Waals surface area contributed by atoms with E-state index < -0.39 is 0 Å². The zero-order valence-electron chi connectivity index (χ0n) is 16.9. The van der Waals surface area contributed by atoms with Gasteiger partial charge in [0.05, 0.1) is 42.8 Å². The number of fused-ring (bicyclic) bond motifs is 5. The zero-order chi connectivity index (χ0) is 20.5. The fraction of sp³-hybridized carbons (Fsp3) is 0.333. The van der Waals surface area contributed by atoms with Crippen LogP contribution in [0.15, 0.2) is 35.2 Å². The topological polar surface area (TPSA) is 93.0 Å². The summed E-state index contributed by atoms with van der Waals surface area (Å²) in [5, 5.41) is 8.94. The third-order valence-corrected chi connectivity index (χ3v) is 5.84. The van der Waals surface area contributed by atoms with E-state index >= 15 is 0 Å². The first kappa shape index (κ1) is 17.4. The molecule has 9 nitrogen and oxygen atoms in total. The highest BCUT2D eigenvalue weighted by Gasteiger charge is 2.41. The van der Waals surface area contributed by atoms with Crippen LogP contribution in [0.4, 0.5) is 0 Å². The van der Waals surface area contributed by atoms with Gasteiger partial charge in [-0.25, -0.2) is 4.98 Å². The van der Waals surface area contributed by atoms with Gasteiger partial charge in [0.25, 0.3) is 0 Å². The van der Waals surface area contributed by atoms with Crippen LogP contribution < -0.4 is 4.74 Å². The first-order valence-corrected chi connectivity index (χ1v) is 9.75. The second-order valence-electron chi connectivity index (χ2n) is 8.12. The van der Waals surface area contributed by atoms with E-state index in [0.717, 1.165) is 34.0 Å². The minimum Gasteiger partial charge on any atom is -0.497 e. The molecule has 1 fully saturated rings. The predicted octanol–water partition coefficient (Wildman–Crippen LogP) is 2.52. The molecular formula is C21H20N6O3. The molecule has 1 saturated heterocycles. The summed E-state index contributed by atoms with van der Waals surface area (Å²) in [5.74, 6) is 1.87. The molecule has 0 N–H and O–H groups in total. The van der Waals surface area contributed by atoms with E-state index in [1.165, 1.54) is 0 Å². The Balaban J connectivity index is 1.53. The number of ether oxygens (including phenoxy) is 2. The van der Waals surface area contributed by atoms with Gasteiger partial charge < -0.3 is 18.6 Å². The Morgan fingerprint density at radius 1 is 1.20 bits per heavy atom. The maximum Gasteiger partial charge on any atom is 0.237 e. The molecule has 0 saturated carbocycles. The number of hydrogen-bond acceptors (Lipinski definition) is 7. The molecule has 30 heavy (non-hydrogen) atoms. The number of methoxy groups -OCH3 is 1. The van der Waals surface area contributed by atoms with Crippen molar-refractivity contribution in [2.45, 2.75) is 18.8 Å². The Morgan fingerprint density at radius 3 is 2.83 bits per heavy atom. The molecule has 1 aromatic carbocycles. The summed E-state index contributed by atoms with van der Waals surface area (Å²) in [6.07, 6.45) is 4.51. The van der Waals surface area contributed by atoms with Crippen molar-refractivity contribution in [2.24, 2.45) is 7.05 Å². The SMILES string of the molecule is COc1ccc2c(c1)-c1nn(C)cc1Cc1c(-c3noc(C4(C)COC4)n3)ncn1-2. The predicted molar refractivity (Wildman–Crippen MR) is 107 cm³/mol. The van der Waals surface area contributed by atoms with E-state index in [1.54, 1.807) is 7.11 Å². The fourth-order valence-corrected chi connectivity index (χ4v) is 4.15. The summed E-state index contributed by atoms with van der Waals surface area (Å²) in [6, 6.07) is 5.99. The summed E-state index contributed by atoms with van der Waals surface area (Å²) in [4.78, 5) is 9.31. The van der Waals surface area contributed by atoms with Gasteiger partial charge in [0.15, 0.2) is 0 Å². The average molecular weight is 404 g/mol. The summed E-state index contributed by atoms with van der Waals surface area (Å²) in [5.41, 5.74) is 5.53. The molecule has 0 spiro atoms. The monoisotopic (exact) mass is 404 g/mol. The minimum absolute atomic E-state index is 0.221. The molecule has 0 unspecified atom stereocenters. The van der Waals surface area contributed by atoms with E-state index in [-0.39, 0.29) is 5.41 Å². The van der Waals surface area contributed by atoms with Crippen molar-refractivity contribution in [2.75, 3.05) is 20.3 Å². The number of nitrogens with zero attached hydrogens (tertiary/aromatic N) is 6. The number of rotatable bonds is 3. The molecule has 0 amide bonds. The number of aryl methyl sites for hydroxylation is 1. The van der Waals surface area contributed by atoms with Crippen molar-refractivity contribution in [3.63, 3.8) is 0 Å². The summed E-state index contributed by atoms with van der Waals surface area (Å²) >= 11 is 0. The maximum absolute atomic E-state index is 5.57. The van der Waals surface area contributed by atoms with Crippen LogP contribution >= 0.6 is 0 Å². The molecular weight excluding hydrogens is 384 g/mol. The molecule has 3 aromatic heterocycles. The summed E-state index contributed by atoms with van der Waals surface area (Å²) in [7, 11) is 3.60. The van der Waals surface area contributed by atoms with Crippen LogP contribution in [0.3, 0.4) is 0 Å². The lowest BCUT2D eigenvalue weighted by molar-refractivity contribution is -0.0644. The molecule has 0 bridgehead atoms. The van der Waals surface area contributed by atoms with Crippen LogP contribution in [-0.2, 0) is 23.6 Å². The smallest absolute Gasteiger partial charge is 0.237 e. The largest absolute Gasteiger partial charge is 0.497 e.